The molecule has 154 valence electrons. The lowest BCUT2D eigenvalue weighted by molar-refractivity contribution is -0.137. The molecule has 0 unspecified atom stereocenters. The number of hydrogen-bond donors (Lipinski definition) is 1. The molecule has 0 aliphatic carbocycles. The van der Waals surface area contributed by atoms with Crippen LogP contribution >= 0.6 is 0 Å². The number of nitrogens with one attached hydrogen (secondary N) is 1. The van der Waals surface area contributed by atoms with Gasteiger partial charge in [-0.1, -0.05) is 24.3 Å². The van der Waals surface area contributed by atoms with Gasteiger partial charge in [0.25, 0.3) is 5.91 Å². The van der Waals surface area contributed by atoms with Crippen molar-refractivity contribution >= 4 is 12.1 Å². The highest BCUT2D eigenvalue weighted by Crippen LogP contribution is 2.33. The number of para-hydroxylation sites is 2. The van der Waals surface area contributed by atoms with Gasteiger partial charge in [0, 0.05) is 5.56 Å². The fourth-order valence-electron chi connectivity index (χ4n) is 2.81. The topological polar surface area (TPSA) is 73.1 Å². The molecule has 2 heterocycles. The van der Waals surface area contributed by atoms with Crippen LogP contribution in [0.15, 0.2) is 70.2 Å². The van der Waals surface area contributed by atoms with Gasteiger partial charge in [0.15, 0.2) is 11.5 Å². The predicted octanol–water partition coefficient (Wildman–Crippen LogP) is 4.26. The Kier molecular flexibility index (Phi) is 5.18. The Morgan fingerprint density at radius 1 is 1.07 bits per heavy atom. The molecule has 0 saturated carbocycles. The SMILES string of the molecule is O=C(NN=Cc1ccc(-c2cccc(C(F)(F)F)c2)o1)[C@H]1COc2ccccc2O1. The summed E-state index contributed by atoms with van der Waals surface area (Å²) in [4.78, 5) is 12.2. The van der Waals surface area contributed by atoms with Gasteiger partial charge in [-0.05, 0) is 36.4 Å². The highest BCUT2D eigenvalue weighted by molar-refractivity contribution is 5.84. The van der Waals surface area contributed by atoms with Crippen molar-refractivity contribution in [2.24, 2.45) is 5.10 Å². The first kappa shape index (κ1) is 19.6. The average molecular weight is 416 g/mol. The Labute approximate surface area is 168 Å². The fourth-order valence-corrected chi connectivity index (χ4v) is 2.81. The van der Waals surface area contributed by atoms with Gasteiger partial charge in [-0.2, -0.15) is 18.3 Å². The van der Waals surface area contributed by atoms with Crippen molar-refractivity contribution in [2.75, 3.05) is 6.61 Å². The summed E-state index contributed by atoms with van der Waals surface area (Å²) in [6.45, 7) is 0.0405. The number of fused-ring (bicyclic) bond motifs is 1. The Bertz CT molecular complexity index is 1090. The summed E-state index contributed by atoms with van der Waals surface area (Å²) in [6.07, 6.45) is -4.07. The molecule has 4 rings (SSSR count). The number of furan rings is 1. The number of rotatable bonds is 4. The molecule has 0 saturated heterocycles. The quantitative estimate of drug-likeness (QED) is 0.510. The lowest BCUT2D eigenvalue weighted by Gasteiger charge is -2.24. The van der Waals surface area contributed by atoms with Crippen molar-refractivity contribution in [2.45, 2.75) is 12.3 Å². The number of carbonyl (C=O) groups is 1. The Morgan fingerprint density at radius 2 is 1.87 bits per heavy atom. The summed E-state index contributed by atoms with van der Waals surface area (Å²) in [6, 6.07) is 14.8. The van der Waals surface area contributed by atoms with Crippen LogP contribution in [0.2, 0.25) is 0 Å². The summed E-state index contributed by atoms with van der Waals surface area (Å²) in [5.74, 6) is 1.01. The van der Waals surface area contributed by atoms with Crippen molar-refractivity contribution in [1.29, 1.82) is 0 Å². The molecular weight excluding hydrogens is 401 g/mol. The Hall–Kier alpha value is -3.75. The van der Waals surface area contributed by atoms with E-state index in [-0.39, 0.29) is 23.7 Å². The second-order valence-electron chi connectivity index (χ2n) is 6.38. The van der Waals surface area contributed by atoms with Crippen LogP contribution in [0.5, 0.6) is 11.5 Å². The van der Waals surface area contributed by atoms with Gasteiger partial charge in [-0.25, -0.2) is 5.43 Å². The van der Waals surface area contributed by atoms with Crippen molar-refractivity contribution < 1.29 is 31.9 Å². The number of halogens is 3. The number of carbonyl (C=O) groups excluding carboxylic acids is 1. The third-order valence-electron chi connectivity index (χ3n) is 4.27. The van der Waals surface area contributed by atoms with E-state index < -0.39 is 23.8 Å². The number of alkyl halides is 3. The van der Waals surface area contributed by atoms with E-state index in [9.17, 15) is 18.0 Å². The maximum Gasteiger partial charge on any atom is 0.416 e. The first-order valence-corrected chi connectivity index (χ1v) is 8.89. The van der Waals surface area contributed by atoms with E-state index in [2.05, 4.69) is 10.5 Å². The minimum absolute atomic E-state index is 0.0405. The van der Waals surface area contributed by atoms with E-state index in [1.807, 2.05) is 0 Å². The van der Waals surface area contributed by atoms with E-state index in [0.717, 1.165) is 12.1 Å². The summed E-state index contributed by atoms with van der Waals surface area (Å²) >= 11 is 0. The number of hydrogen-bond acceptors (Lipinski definition) is 5. The van der Waals surface area contributed by atoms with Crippen LogP contribution in [0.1, 0.15) is 11.3 Å². The highest BCUT2D eigenvalue weighted by atomic mass is 19.4. The Balaban J connectivity index is 1.38. The van der Waals surface area contributed by atoms with Gasteiger partial charge in [-0.15, -0.1) is 0 Å². The number of nitrogens with zero attached hydrogens (tertiary/aromatic N) is 1. The fraction of sp³-hybridized carbons (Fsp3) is 0.143. The van der Waals surface area contributed by atoms with E-state index in [4.69, 9.17) is 13.9 Å². The summed E-state index contributed by atoms with van der Waals surface area (Å²) in [5.41, 5.74) is 1.84. The zero-order valence-corrected chi connectivity index (χ0v) is 15.3. The molecule has 1 aliphatic heterocycles. The molecule has 1 amide bonds. The van der Waals surface area contributed by atoms with E-state index >= 15 is 0 Å². The smallest absolute Gasteiger partial charge is 0.416 e. The molecule has 1 atom stereocenters. The van der Waals surface area contributed by atoms with Crippen LogP contribution in [-0.4, -0.2) is 24.8 Å². The van der Waals surface area contributed by atoms with Gasteiger partial charge in [0.2, 0.25) is 6.10 Å². The molecule has 0 bridgehead atoms. The zero-order valence-electron chi connectivity index (χ0n) is 15.3. The van der Waals surface area contributed by atoms with Gasteiger partial charge in [-0.3, -0.25) is 4.79 Å². The van der Waals surface area contributed by atoms with Crippen LogP contribution in [0.3, 0.4) is 0 Å². The molecule has 6 nitrogen and oxygen atoms in total. The Morgan fingerprint density at radius 3 is 2.67 bits per heavy atom. The lowest BCUT2D eigenvalue weighted by Crippen LogP contribution is -2.42. The first-order chi connectivity index (χ1) is 14.4. The second kappa shape index (κ2) is 7.94. The predicted molar refractivity (Wildman–Crippen MR) is 101 cm³/mol. The standard InChI is InChI=1S/C21H15F3N2O4/c22-21(23,24)14-5-3-4-13(10-14)16-9-8-15(29-16)11-25-26-20(27)19-12-28-17-6-1-2-7-18(17)30-19/h1-11,19H,12H2,(H,26,27)/t19-/m1/s1. The third kappa shape index (κ3) is 4.29. The molecule has 0 fully saturated rings. The van der Waals surface area contributed by atoms with E-state index in [0.29, 0.717) is 11.5 Å². The van der Waals surface area contributed by atoms with Gasteiger partial charge >= 0.3 is 6.18 Å². The zero-order chi connectivity index (χ0) is 21.1. The minimum Gasteiger partial charge on any atom is -0.485 e. The molecule has 0 radical (unpaired) electrons. The van der Waals surface area contributed by atoms with Crippen molar-refractivity contribution in [3.05, 3.63) is 72.0 Å². The van der Waals surface area contributed by atoms with Crippen molar-refractivity contribution in [3.8, 4) is 22.8 Å². The molecule has 30 heavy (non-hydrogen) atoms. The van der Waals surface area contributed by atoms with Crippen LogP contribution in [0.25, 0.3) is 11.3 Å². The normalized spacial score (nSPS) is 15.9. The summed E-state index contributed by atoms with van der Waals surface area (Å²) in [5, 5.41) is 3.80. The molecular formula is C21H15F3N2O4. The van der Waals surface area contributed by atoms with E-state index in [1.54, 1.807) is 24.3 Å². The van der Waals surface area contributed by atoms with Crippen LogP contribution in [0, 0.1) is 0 Å². The lowest BCUT2D eigenvalue weighted by atomic mass is 10.1. The van der Waals surface area contributed by atoms with Crippen molar-refractivity contribution in [3.63, 3.8) is 0 Å². The van der Waals surface area contributed by atoms with Crippen LogP contribution < -0.4 is 14.9 Å². The minimum atomic E-state index is -4.44. The maximum absolute atomic E-state index is 12.9. The highest BCUT2D eigenvalue weighted by Gasteiger charge is 2.30. The molecule has 9 heteroatoms. The molecule has 1 aliphatic rings. The number of benzene rings is 2. The monoisotopic (exact) mass is 416 g/mol. The van der Waals surface area contributed by atoms with Crippen LogP contribution in [0.4, 0.5) is 13.2 Å². The second-order valence-corrected chi connectivity index (χ2v) is 6.38. The summed E-state index contributed by atoms with van der Waals surface area (Å²) in [7, 11) is 0. The molecule has 0 spiro atoms. The van der Waals surface area contributed by atoms with Gasteiger partial charge < -0.3 is 13.9 Å². The molecule has 1 aromatic heterocycles. The summed E-state index contributed by atoms with van der Waals surface area (Å²) < 4.78 is 55.1. The number of ether oxygens (including phenoxy) is 2. The first-order valence-electron chi connectivity index (χ1n) is 8.89. The molecule has 3 aromatic rings. The molecule has 1 N–H and O–H groups in total. The maximum atomic E-state index is 12.9. The van der Waals surface area contributed by atoms with Crippen molar-refractivity contribution in [1.82, 2.24) is 5.43 Å². The van der Waals surface area contributed by atoms with Gasteiger partial charge in [0.1, 0.15) is 18.1 Å². The molecule has 2 aromatic carbocycles. The number of hydrazone groups is 1. The average Bonchev–Trinajstić information content (AvgIpc) is 3.22. The largest absolute Gasteiger partial charge is 0.485 e. The number of amides is 1. The third-order valence-corrected chi connectivity index (χ3v) is 4.27. The van der Waals surface area contributed by atoms with E-state index in [1.165, 1.54) is 30.5 Å². The van der Waals surface area contributed by atoms with Crippen LogP contribution in [-0.2, 0) is 11.0 Å². The van der Waals surface area contributed by atoms with Gasteiger partial charge in [0.05, 0.1) is 11.8 Å².